The zero-order valence-electron chi connectivity index (χ0n) is 10.00. The Morgan fingerprint density at radius 2 is 2.11 bits per heavy atom. The van der Waals surface area contributed by atoms with Crippen LogP contribution in [-0.2, 0) is 11.3 Å². The summed E-state index contributed by atoms with van der Waals surface area (Å²) in [5, 5.41) is 14.5. The van der Waals surface area contributed by atoms with Gasteiger partial charge >= 0.3 is 0 Å². The Balaban J connectivity index is 2.10. The lowest BCUT2D eigenvalue weighted by Gasteiger charge is -1.99. The molecule has 1 heterocycles. The fourth-order valence-corrected chi connectivity index (χ4v) is 1.44. The van der Waals surface area contributed by atoms with E-state index in [1.54, 1.807) is 12.1 Å². The predicted octanol–water partition coefficient (Wildman–Crippen LogP) is 0.0584. The van der Waals surface area contributed by atoms with E-state index in [9.17, 15) is 4.79 Å². The standard InChI is InChI=1S/C11H14N6O/c1-2-13-10(18)7-17-15-11(14-16-17)8-3-5-9(12)6-4-8/h3-6H,2,7,12H2,1H3,(H,13,18). The second-order valence-corrected chi connectivity index (χ2v) is 3.72. The highest BCUT2D eigenvalue weighted by Crippen LogP contribution is 2.14. The summed E-state index contributed by atoms with van der Waals surface area (Å²) in [7, 11) is 0. The number of likely N-dealkylation sites (N-methyl/N-ethyl adjacent to an activating group) is 1. The van der Waals surface area contributed by atoms with Gasteiger partial charge in [-0.2, -0.15) is 4.80 Å². The first kappa shape index (κ1) is 12.0. The smallest absolute Gasteiger partial charge is 0.243 e. The van der Waals surface area contributed by atoms with Crippen molar-refractivity contribution in [2.45, 2.75) is 13.5 Å². The second-order valence-electron chi connectivity index (χ2n) is 3.72. The molecule has 2 aromatic rings. The lowest BCUT2D eigenvalue weighted by molar-refractivity contribution is -0.121. The van der Waals surface area contributed by atoms with Gasteiger partial charge in [0.25, 0.3) is 0 Å². The van der Waals surface area contributed by atoms with Crippen molar-refractivity contribution in [1.29, 1.82) is 0 Å². The highest BCUT2D eigenvalue weighted by atomic mass is 16.2. The Morgan fingerprint density at radius 1 is 1.39 bits per heavy atom. The quantitative estimate of drug-likeness (QED) is 0.743. The summed E-state index contributed by atoms with van der Waals surface area (Å²) in [5.41, 5.74) is 7.08. The summed E-state index contributed by atoms with van der Waals surface area (Å²) in [6, 6.07) is 7.14. The van der Waals surface area contributed by atoms with Crippen molar-refractivity contribution in [3.8, 4) is 11.4 Å². The number of carbonyl (C=O) groups excluding carboxylic acids is 1. The van der Waals surface area contributed by atoms with Gasteiger partial charge in [-0.1, -0.05) is 0 Å². The van der Waals surface area contributed by atoms with Crippen molar-refractivity contribution in [2.24, 2.45) is 0 Å². The zero-order chi connectivity index (χ0) is 13.0. The molecule has 0 atom stereocenters. The number of rotatable bonds is 4. The molecule has 1 aromatic heterocycles. The predicted molar refractivity (Wildman–Crippen MR) is 66.3 cm³/mol. The monoisotopic (exact) mass is 246 g/mol. The van der Waals surface area contributed by atoms with Crippen LogP contribution < -0.4 is 11.1 Å². The van der Waals surface area contributed by atoms with Crippen molar-refractivity contribution in [2.75, 3.05) is 12.3 Å². The first-order valence-corrected chi connectivity index (χ1v) is 5.59. The first-order valence-electron chi connectivity index (χ1n) is 5.59. The molecule has 0 aliphatic heterocycles. The van der Waals surface area contributed by atoms with Gasteiger partial charge in [-0.15, -0.1) is 10.2 Å². The van der Waals surface area contributed by atoms with Crippen molar-refractivity contribution in [1.82, 2.24) is 25.5 Å². The van der Waals surface area contributed by atoms with Crippen molar-refractivity contribution >= 4 is 11.6 Å². The van der Waals surface area contributed by atoms with Gasteiger partial charge in [0.05, 0.1) is 0 Å². The molecule has 2 rings (SSSR count). The largest absolute Gasteiger partial charge is 0.399 e. The maximum absolute atomic E-state index is 11.3. The molecule has 0 radical (unpaired) electrons. The molecular weight excluding hydrogens is 232 g/mol. The van der Waals surface area contributed by atoms with E-state index in [0.29, 0.717) is 18.1 Å². The van der Waals surface area contributed by atoms with Crippen LogP contribution in [0.1, 0.15) is 6.92 Å². The van der Waals surface area contributed by atoms with E-state index in [1.165, 1.54) is 4.80 Å². The molecule has 1 aromatic carbocycles. The minimum absolute atomic E-state index is 0.0653. The van der Waals surface area contributed by atoms with Gasteiger partial charge in [-0.25, -0.2) is 0 Å². The third-order valence-electron chi connectivity index (χ3n) is 2.28. The van der Waals surface area contributed by atoms with Crippen LogP contribution in [0.5, 0.6) is 0 Å². The normalized spacial score (nSPS) is 10.3. The highest BCUT2D eigenvalue weighted by molar-refractivity contribution is 5.75. The molecule has 0 saturated heterocycles. The van der Waals surface area contributed by atoms with Crippen molar-refractivity contribution in [3.05, 3.63) is 24.3 Å². The summed E-state index contributed by atoms with van der Waals surface area (Å²) in [5.74, 6) is 0.332. The number of tetrazole rings is 1. The molecule has 0 aliphatic rings. The van der Waals surface area contributed by atoms with E-state index in [4.69, 9.17) is 5.73 Å². The molecule has 0 bridgehead atoms. The molecule has 0 saturated carbocycles. The summed E-state index contributed by atoms with van der Waals surface area (Å²) in [4.78, 5) is 12.6. The number of nitrogens with one attached hydrogen (secondary N) is 1. The molecule has 1 amide bonds. The number of carbonyl (C=O) groups is 1. The Kier molecular flexibility index (Phi) is 3.52. The van der Waals surface area contributed by atoms with Crippen molar-refractivity contribution < 1.29 is 4.79 Å². The van der Waals surface area contributed by atoms with Crippen LogP contribution in [0.3, 0.4) is 0 Å². The van der Waals surface area contributed by atoms with E-state index >= 15 is 0 Å². The van der Waals surface area contributed by atoms with E-state index in [2.05, 4.69) is 20.7 Å². The number of nitrogen functional groups attached to an aromatic ring is 1. The minimum Gasteiger partial charge on any atom is -0.399 e. The van der Waals surface area contributed by atoms with E-state index < -0.39 is 0 Å². The molecule has 7 nitrogen and oxygen atoms in total. The highest BCUT2D eigenvalue weighted by Gasteiger charge is 2.08. The first-order chi connectivity index (χ1) is 8.69. The van der Waals surface area contributed by atoms with Crippen LogP contribution >= 0.6 is 0 Å². The van der Waals surface area contributed by atoms with Crippen LogP contribution in [-0.4, -0.2) is 32.7 Å². The van der Waals surface area contributed by atoms with Crippen LogP contribution in [0.4, 0.5) is 5.69 Å². The van der Waals surface area contributed by atoms with Crippen LogP contribution in [0.15, 0.2) is 24.3 Å². The van der Waals surface area contributed by atoms with Crippen molar-refractivity contribution in [3.63, 3.8) is 0 Å². The van der Waals surface area contributed by atoms with Crippen LogP contribution in [0.2, 0.25) is 0 Å². The molecule has 0 fully saturated rings. The zero-order valence-corrected chi connectivity index (χ0v) is 10.00. The lowest BCUT2D eigenvalue weighted by Crippen LogP contribution is -2.28. The molecule has 0 aliphatic carbocycles. The minimum atomic E-state index is -0.140. The summed E-state index contributed by atoms with van der Waals surface area (Å²) < 4.78 is 0. The van der Waals surface area contributed by atoms with Gasteiger partial charge in [0, 0.05) is 17.8 Å². The third kappa shape index (κ3) is 2.82. The Bertz CT molecular complexity index is 533. The Morgan fingerprint density at radius 3 is 2.78 bits per heavy atom. The molecule has 0 spiro atoms. The molecule has 7 heteroatoms. The topological polar surface area (TPSA) is 98.7 Å². The fourth-order valence-electron chi connectivity index (χ4n) is 1.44. The number of anilines is 1. The van der Waals surface area contributed by atoms with Gasteiger partial charge in [0.2, 0.25) is 11.7 Å². The maximum atomic E-state index is 11.3. The average Bonchev–Trinajstić information content (AvgIpc) is 2.78. The number of hydrogen-bond donors (Lipinski definition) is 2. The van der Waals surface area contributed by atoms with E-state index in [1.807, 2.05) is 19.1 Å². The second kappa shape index (κ2) is 5.26. The van der Waals surface area contributed by atoms with Gasteiger partial charge in [-0.05, 0) is 36.4 Å². The number of hydrogen-bond acceptors (Lipinski definition) is 5. The lowest BCUT2D eigenvalue weighted by atomic mass is 10.2. The summed E-state index contributed by atoms with van der Waals surface area (Å²) in [6.07, 6.45) is 0. The molecule has 3 N–H and O–H groups in total. The number of aromatic nitrogens is 4. The number of benzene rings is 1. The number of amides is 1. The van der Waals surface area contributed by atoms with E-state index in [0.717, 1.165) is 5.56 Å². The third-order valence-corrected chi connectivity index (χ3v) is 2.28. The SMILES string of the molecule is CCNC(=O)Cn1nnc(-c2ccc(N)cc2)n1. The van der Waals surface area contributed by atoms with Crippen LogP contribution in [0.25, 0.3) is 11.4 Å². The average molecular weight is 246 g/mol. The van der Waals surface area contributed by atoms with Gasteiger partial charge in [0.15, 0.2) is 0 Å². The van der Waals surface area contributed by atoms with Crippen LogP contribution in [0, 0.1) is 0 Å². The molecule has 18 heavy (non-hydrogen) atoms. The van der Waals surface area contributed by atoms with Gasteiger partial charge in [-0.3, -0.25) is 4.79 Å². The van der Waals surface area contributed by atoms with Gasteiger partial charge < -0.3 is 11.1 Å². The van der Waals surface area contributed by atoms with E-state index in [-0.39, 0.29) is 12.5 Å². The molecule has 0 unspecified atom stereocenters. The fraction of sp³-hybridized carbons (Fsp3) is 0.273. The molecule has 94 valence electrons. The Labute approximate surface area is 104 Å². The number of nitrogens with two attached hydrogens (primary N) is 1. The molecular formula is C11H14N6O. The Hall–Kier alpha value is -2.44. The number of nitrogens with zero attached hydrogens (tertiary/aromatic N) is 4. The maximum Gasteiger partial charge on any atom is 0.243 e. The summed E-state index contributed by atoms with van der Waals surface area (Å²) >= 11 is 0. The van der Waals surface area contributed by atoms with Gasteiger partial charge in [0.1, 0.15) is 6.54 Å². The summed E-state index contributed by atoms with van der Waals surface area (Å²) in [6.45, 7) is 2.50.